The fourth-order valence-corrected chi connectivity index (χ4v) is 2.27. The predicted octanol–water partition coefficient (Wildman–Crippen LogP) is 1.76. The number of nitrogens with zero attached hydrogens (tertiary/aromatic N) is 3. The molecule has 0 radical (unpaired) electrons. The zero-order valence-corrected chi connectivity index (χ0v) is 13.0. The Morgan fingerprint density at radius 2 is 2.20 bits per heavy atom. The normalized spacial score (nSPS) is 20.8. The Hall–Kier alpha value is -1.04. The second kappa shape index (κ2) is 7.11. The van der Waals surface area contributed by atoms with Gasteiger partial charge in [0.1, 0.15) is 6.10 Å². The van der Waals surface area contributed by atoms with E-state index < -0.39 is 0 Å². The molecule has 5 heteroatoms. The van der Waals surface area contributed by atoms with Crippen LogP contribution < -0.4 is 5.32 Å². The molecular weight excluding hydrogens is 252 g/mol. The van der Waals surface area contributed by atoms with Crippen molar-refractivity contribution in [3.63, 3.8) is 0 Å². The van der Waals surface area contributed by atoms with E-state index in [1.54, 1.807) is 0 Å². The molecule has 0 aromatic carbocycles. The third kappa shape index (κ3) is 4.23. The number of aromatic nitrogens is 2. The van der Waals surface area contributed by atoms with E-state index in [-0.39, 0.29) is 6.10 Å². The Bertz CT molecular complexity index is 422. The third-order valence-corrected chi connectivity index (χ3v) is 3.54. The van der Waals surface area contributed by atoms with Crippen molar-refractivity contribution in [2.45, 2.75) is 52.4 Å². The smallest absolute Gasteiger partial charge is 0.158 e. The number of nitrogens with one attached hydrogen (secondary N) is 1. The number of morpholine rings is 1. The van der Waals surface area contributed by atoms with Crippen molar-refractivity contribution in [1.82, 2.24) is 20.2 Å². The Morgan fingerprint density at radius 3 is 2.90 bits per heavy atom. The van der Waals surface area contributed by atoms with Crippen LogP contribution in [-0.4, -0.2) is 46.6 Å². The van der Waals surface area contributed by atoms with Gasteiger partial charge < -0.3 is 10.1 Å². The molecular formula is C15H26N4O. The van der Waals surface area contributed by atoms with E-state index in [1.165, 1.54) is 0 Å². The van der Waals surface area contributed by atoms with Crippen molar-refractivity contribution in [1.29, 1.82) is 0 Å². The van der Waals surface area contributed by atoms with Crippen molar-refractivity contribution in [3.8, 4) is 0 Å². The largest absolute Gasteiger partial charge is 0.368 e. The lowest BCUT2D eigenvalue weighted by molar-refractivity contribution is -0.0443. The molecule has 1 N–H and O–H groups in total. The summed E-state index contributed by atoms with van der Waals surface area (Å²) in [6.07, 6.45) is 1.82. The van der Waals surface area contributed by atoms with Gasteiger partial charge in [0, 0.05) is 37.9 Å². The van der Waals surface area contributed by atoms with Crippen LogP contribution in [0, 0.1) is 0 Å². The lowest BCUT2D eigenvalue weighted by atomic mass is 10.2. The molecule has 112 valence electrons. The molecule has 0 saturated carbocycles. The summed E-state index contributed by atoms with van der Waals surface area (Å²) in [5.41, 5.74) is 1.02. The summed E-state index contributed by atoms with van der Waals surface area (Å²) in [5.74, 6) is 0.804. The Kier molecular flexibility index (Phi) is 5.46. The van der Waals surface area contributed by atoms with E-state index in [2.05, 4.69) is 47.9 Å². The van der Waals surface area contributed by atoms with Crippen LogP contribution in [0.2, 0.25) is 0 Å². The van der Waals surface area contributed by atoms with Gasteiger partial charge in [-0.25, -0.2) is 9.97 Å². The van der Waals surface area contributed by atoms with Crippen LogP contribution in [0.4, 0.5) is 0 Å². The Labute approximate surface area is 121 Å². The highest BCUT2D eigenvalue weighted by molar-refractivity contribution is 5.05. The minimum Gasteiger partial charge on any atom is -0.368 e. The topological polar surface area (TPSA) is 50.3 Å². The standard InChI is InChI=1S/C15H26N4O/c1-11(2)17-9-13-5-6-16-15(18-13)14-10-19(12(3)4)7-8-20-14/h5-6,11-12,14,17H,7-10H2,1-4H3. The summed E-state index contributed by atoms with van der Waals surface area (Å²) < 4.78 is 5.84. The second-order valence-electron chi connectivity index (χ2n) is 5.89. The van der Waals surface area contributed by atoms with Crippen LogP contribution in [0.25, 0.3) is 0 Å². The van der Waals surface area contributed by atoms with Crippen LogP contribution in [0.15, 0.2) is 12.3 Å². The van der Waals surface area contributed by atoms with Crippen molar-refractivity contribution in [3.05, 3.63) is 23.8 Å². The highest BCUT2D eigenvalue weighted by atomic mass is 16.5. The van der Waals surface area contributed by atoms with E-state index in [9.17, 15) is 0 Å². The van der Waals surface area contributed by atoms with E-state index in [0.717, 1.165) is 37.8 Å². The number of rotatable bonds is 5. The fourth-order valence-electron chi connectivity index (χ4n) is 2.27. The van der Waals surface area contributed by atoms with Gasteiger partial charge >= 0.3 is 0 Å². The molecule has 1 aromatic heterocycles. The zero-order valence-electron chi connectivity index (χ0n) is 13.0. The molecule has 5 nitrogen and oxygen atoms in total. The predicted molar refractivity (Wildman–Crippen MR) is 79.4 cm³/mol. The Balaban J connectivity index is 2.02. The van der Waals surface area contributed by atoms with Crippen LogP contribution in [-0.2, 0) is 11.3 Å². The van der Waals surface area contributed by atoms with E-state index in [0.29, 0.717) is 12.1 Å². The first-order valence-corrected chi connectivity index (χ1v) is 7.47. The average molecular weight is 278 g/mol. The van der Waals surface area contributed by atoms with Gasteiger partial charge in [-0.1, -0.05) is 13.8 Å². The van der Waals surface area contributed by atoms with Crippen molar-refractivity contribution >= 4 is 0 Å². The minimum atomic E-state index is -0.00912. The van der Waals surface area contributed by atoms with Crippen LogP contribution in [0.5, 0.6) is 0 Å². The van der Waals surface area contributed by atoms with E-state index in [4.69, 9.17) is 4.74 Å². The lowest BCUT2D eigenvalue weighted by Crippen LogP contribution is -2.42. The summed E-state index contributed by atoms with van der Waals surface area (Å²) in [6.45, 7) is 12.1. The van der Waals surface area contributed by atoms with Gasteiger partial charge in [0.25, 0.3) is 0 Å². The highest BCUT2D eigenvalue weighted by Crippen LogP contribution is 2.20. The molecule has 1 fully saturated rings. The fraction of sp³-hybridized carbons (Fsp3) is 0.733. The third-order valence-electron chi connectivity index (χ3n) is 3.54. The van der Waals surface area contributed by atoms with Crippen molar-refractivity contribution in [2.75, 3.05) is 19.7 Å². The molecule has 2 rings (SSSR count). The highest BCUT2D eigenvalue weighted by Gasteiger charge is 2.25. The molecule has 0 aliphatic carbocycles. The van der Waals surface area contributed by atoms with Gasteiger partial charge in [-0.05, 0) is 19.9 Å². The van der Waals surface area contributed by atoms with Gasteiger partial charge in [-0.2, -0.15) is 0 Å². The van der Waals surface area contributed by atoms with Gasteiger partial charge in [-0.15, -0.1) is 0 Å². The molecule has 0 bridgehead atoms. The molecule has 1 aliphatic rings. The molecule has 1 aliphatic heterocycles. The van der Waals surface area contributed by atoms with Gasteiger partial charge in [0.05, 0.1) is 12.3 Å². The first-order valence-electron chi connectivity index (χ1n) is 7.47. The first kappa shape index (κ1) is 15.4. The lowest BCUT2D eigenvalue weighted by Gasteiger charge is -2.34. The van der Waals surface area contributed by atoms with Crippen LogP contribution in [0.1, 0.15) is 45.3 Å². The molecule has 1 unspecified atom stereocenters. The Morgan fingerprint density at radius 1 is 1.40 bits per heavy atom. The minimum absolute atomic E-state index is 0.00912. The average Bonchev–Trinajstić information content (AvgIpc) is 2.45. The van der Waals surface area contributed by atoms with Gasteiger partial charge in [0.2, 0.25) is 0 Å². The molecule has 0 spiro atoms. The summed E-state index contributed by atoms with van der Waals surface area (Å²) >= 11 is 0. The summed E-state index contributed by atoms with van der Waals surface area (Å²) in [6, 6.07) is 2.95. The number of ether oxygens (including phenoxy) is 1. The SMILES string of the molecule is CC(C)NCc1ccnc(C2CN(C(C)C)CCO2)n1. The maximum absolute atomic E-state index is 5.84. The first-order chi connectivity index (χ1) is 9.56. The quantitative estimate of drug-likeness (QED) is 0.889. The van der Waals surface area contributed by atoms with Crippen LogP contribution in [0.3, 0.4) is 0 Å². The summed E-state index contributed by atoms with van der Waals surface area (Å²) in [5, 5.41) is 3.38. The molecule has 2 heterocycles. The van der Waals surface area contributed by atoms with Crippen molar-refractivity contribution in [2.24, 2.45) is 0 Å². The molecule has 1 aromatic rings. The molecule has 1 atom stereocenters. The van der Waals surface area contributed by atoms with Crippen molar-refractivity contribution < 1.29 is 4.74 Å². The van der Waals surface area contributed by atoms with Gasteiger partial charge in [-0.3, -0.25) is 4.90 Å². The molecule has 1 saturated heterocycles. The van der Waals surface area contributed by atoms with E-state index in [1.807, 2.05) is 12.3 Å². The van der Waals surface area contributed by atoms with Crippen LogP contribution >= 0.6 is 0 Å². The summed E-state index contributed by atoms with van der Waals surface area (Å²) in [4.78, 5) is 11.4. The molecule has 0 amide bonds. The maximum atomic E-state index is 5.84. The van der Waals surface area contributed by atoms with Gasteiger partial charge in [0.15, 0.2) is 5.82 Å². The molecule has 20 heavy (non-hydrogen) atoms. The maximum Gasteiger partial charge on any atom is 0.158 e. The number of hydrogen-bond acceptors (Lipinski definition) is 5. The monoisotopic (exact) mass is 278 g/mol. The second-order valence-corrected chi connectivity index (χ2v) is 5.89. The summed E-state index contributed by atoms with van der Waals surface area (Å²) in [7, 11) is 0. The zero-order chi connectivity index (χ0) is 14.5. The van der Waals surface area contributed by atoms with E-state index >= 15 is 0 Å². The number of hydrogen-bond donors (Lipinski definition) is 1.